The Morgan fingerprint density at radius 1 is 1.15 bits per heavy atom. The van der Waals surface area contributed by atoms with E-state index in [-0.39, 0.29) is 0 Å². The molecule has 20 heavy (non-hydrogen) atoms. The molecule has 1 heterocycles. The maximum absolute atomic E-state index is 5.86. The predicted molar refractivity (Wildman–Crippen MR) is 85.5 cm³/mol. The SMILES string of the molecule is CCCCCCC(NCCC)C1COc2ccccc21. The Morgan fingerprint density at radius 2 is 2.00 bits per heavy atom. The second-order valence-corrected chi connectivity index (χ2v) is 5.87. The van der Waals surface area contributed by atoms with E-state index in [9.17, 15) is 0 Å². The Bertz CT molecular complexity index is 391. The van der Waals surface area contributed by atoms with Gasteiger partial charge in [0, 0.05) is 17.5 Å². The van der Waals surface area contributed by atoms with Gasteiger partial charge in [-0.25, -0.2) is 0 Å². The molecule has 2 rings (SSSR count). The Labute approximate surface area is 123 Å². The first-order valence-corrected chi connectivity index (χ1v) is 8.32. The lowest BCUT2D eigenvalue weighted by atomic mass is 9.89. The van der Waals surface area contributed by atoms with E-state index in [0.717, 1.165) is 18.9 Å². The molecule has 0 spiro atoms. The number of para-hydroxylation sites is 1. The van der Waals surface area contributed by atoms with Crippen LogP contribution in [0.25, 0.3) is 0 Å². The number of unbranched alkanes of at least 4 members (excludes halogenated alkanes) is 3. The van der Waals surface area contributed by atoms with E-state index in [2.05, 4.69) is 43.4 Å². The zero-order valence-corrected chi connectivity index (χ0v) is 13.0. The number of hydrogen-bond acceptors (Lipinski definition) is 2. The van der Waals surface area contributed by atoms with Crippen molar-refractivity contribution in [3.63, 3.8) is 0 Å². The summed E-state index contributed by atoms with van der Waals surface area (Å²) in [5, 5.41) is 3.75. The number of nitrogens with one attached hydrogen (secondary N) is 1. The van der Waals surface area contributed by atoms with Crippen molar-refractivity contribution in [2.24, 2.45) is 0 Å². The first-order chi connectivity index (χ1) is 9.86. The molecule has 2 heteroatoms. The first-order valence-electron chi connectivity index (χ1n) is 8.32. The number of ether oxygens (including phenoxy) is 1. The van der Waals surface area contributed by atoms with Crippen LogP contribution in [0.4, 0.5) is 0 Å². The molecule has 0 bridgehead atoms. The Morgan fingerprint density at radius 3 is 2.80 bits per heavy atom. The van der Waals surface area contributed by atoms with E-state index in [1.165, 1.54) is 44.1 Å². The van der Waals surface area contributed by atoms with Gasteiger partial charge >= 0.3 is 0 Å². The van der Waals surface area contributed by atoms with Gasteiger partial charge in [0.15, 0.2) is 0 Å². The molecule has 112 valence electrons. The molecule has 1 aromatic carbocycles. The van der Waals surface area contributed by atoms with E-state index in [0.29, 0.717) is 12.0 Å². The second kappa shape index (κ2) is 8.31. The zero-order valence-electron chi connectivity index (χ0n) is 13.0. The van der Waals surface area contributed by atoms with Crippen LogP contribution in [0.1, 0.15) is 63.9 Å². The molecule has 1 N–H and O–H groups in total. The summed E-state index contributed by atoms with van der Waals surface area (Å²) in [4.78, 5) is 0. The van der Waals surface area contributed by atoms with Crippen molar-refractivity contribution < 1.29 is 4.74 Å². The van der Waals surface area contributed by atoms with Crippen molar-refractivity contribution in [2.75, 3.05) is 13.2 Å². The molecule has 2 atom stereocenters. The second-order valence-electron chi connectivity index (χ2n) is 5.87. The van der Waals surface area contributed by atoms with Crippen molar-refractivity contribution in [1.29, 1.82) is 0 Å². The largest absolute Gasteiger partial charge is 0.493 e. The third-order valence-electron chi connectivity index (χ3n) is 4.25. The molecule has 0 fully saturated rings. The zero-order chi connectivity index (χ0) is 14.2. The van der Waals surface area contributed by atoms with Gasteiger partial charge in [-0.1, -0.05) is 57.7 Å². The summed E-state index contributed by atoms with van der Waals surface area (Å²) in [5.74, 6) is 1.62. The van der Waals surface area contributed by atoms with E-state index in [1.54, 1.807) is 0 Å². The fourth-order valence-electron chi connectivity index (χ4n) is 3.09. The van der Waals surface area contributed by atoms with Crippen LogP contribution in [0.15, 0.2) is 24.3 Å². The van der Waals surface area contributed by atoms with E-state index in [4.69, 9.17) is 4.74 Å². The molecule has 0 amide bonds. The highest BCUT2D eigenvalue weighted by molar-refractivity contribution is 5.40. The molecular weight excluding hydrogens is 246 g/mol. The van der Waals surface area contributed by atoms with Crippen LogP contribution in [-0.4, -0.2) is 19.2 Å². The van der Waals surface area contributed by atoms with Crippen LogP contribution >= 0.6 is 0 Å². The van der Waals surface area contributed by atoms with Crippen LogP contribution in [-0.2, 0) is 0 Å². The Kier molecular flexibility index (Phi) is 6.38. The number of hydrogen-bond donors (Lipinski definition) is 1. The monoisotopic (exact) mass is 275 g/mol. The number of fused-ring (bicyclic) bond motifs is 1. The summed E-state index contributed by atoms with van der Waals surface area (Å²) >= 11 is 0. The maximum atomic E-state index is 5.86. The van der Waals surface area contributed by atoms with Gasteiger partial charge < -0.3 is 10.1 Å². The highest BCUT2D eigenvalue weighted by atomic mass is 16.5. The molecule has 0 saturated carbocycles. The molecule has 0 saturated heterocycles. The van der Waals surface area contributed by atoms with Gasteiger partial charge in [-0.05, 0) is 25.5 Å². The van der Waals surface area contributed by atoms with Crippen LogP contribution < -0.4 is 10.1 Å². The van der Waals surface area contributed by atoms with Gasteiger partial charge in [-0.3, -0.25) is 0 Å². The lowest BCUT2D eigenvalue weighted by Gasteiger charge is -2.24. The van der Waals surface area contributed by atoms with Gasteiger partial charge in [0.1, 0.15) is 5.75 Å². The number of rotatable bonds is 9. The van der Waals surface area contributed by atoms with Crippen molar-refractivity contribution in [3.8, 4) is 5.75 Å². The highest BCUT2D eigenvalue weighted by Gasteiger charge is 2.30. The summed E-state index contributed by atoms with van der Waals surface area (Å²) in [6, 6.07) is 9.10. The van der Waals surface area contributed by atoms with E-state index in [1.807, 2.05) is 0 Å². The van der Waals surface area contributed by atoms with Crippen LogP contribution in [0, 0.1) is 0 Å². The smallest absolute Gasteiger partial charge is 0.122 e. The summed E-state index contributed by atoms with van der Waals surface area (Å²) in [6.07, 6.45) is 7.81. The van der Waals surface area contributed by atoms with Crippen molar-refractivity contribution in [2.45, 2.75) is 64.3 Å². The standard InChI is InChI=1S/C18H29NO/c1-3-5-6-7-11-17(19-13-4-2)16-14-20-18-12-9-8-10-15(16)18/h8-10,12,16-17,19H,3-7,11,13-14H2,1-2H3. The predicted octanol–water partition coefficient (Wildman–Crippen LogP) is 4.50. The minimum atomic E-state index is 0.527. The molecule has 0 radical (unpaired) electrons. The van der Waals surface area contributed by atoms with Gasteiger partial charge in [0.05, 0.1) is 6.61 Å². The lowest BCUT2D eigenvalue weighted by molar-refractivity contribution is 0.288. The van der Waals surface area contributed by atoms with Gasteiger partial charge in [-0.15, -0.1) is 0 Å². The average Bonchev–Trinajstić information content (AvgIpc) is 2.91. The maximum Gasteiger partial charge on any atom is 0.122 e. The highest BCUT2D eigenvalue weighted by Crippen LogP contribution is 2.36. The summed E-state index contributed by atoms with van der Waals surface area (Å²) in [7, 11) is 0. The van der Waals surface area contributed by atoms with E-state index >= 15 is 0 Å². The molecule has 1 aromatic rings. The third-order valence-corrected chi connectivity index (χ3v) is 4.25. The molecular formula is C18H29NO. The minimum Gasteiger partial charge on any atom is -0.493 e. The van der Waals surface area contributed by atoms with Gasteiger partial charge in [-0.2, -0.15) is 0 Å². The fourth-order valence-corrected chi connectivity index (χ4v) is 3.09. The lowest BCUT2D eigenvalue weighted by Crippen LogP contribution is -2.36. The molecule has 1 aliphatic rings. The Balaban J connectivity index is 1.96. The normalized spacial score (nSPS) is 18.6. The molecule has 0 aromatic heterocycles. The van der Waals surface area contributed by atoms with Crippen LogP contribution in [0.2, 0.25) is 0 Å². The molecule has 2 unspecified atom stereocenters. The number of benzene rings is 1. The van der Waals surface area contributed by atoms with Crippen molar-refractivity contribution >= 4 is 0 Å². The Hall–Kier alpha value is -1.02. The average molecular weight is 275 g/mol. The first kappa shape index (κ1) is 15.4. The van der Waals surface area contributed by atoms with Gasteiger partial charge in [0.2, 0.25) is 0 Å². The topological polar surface area (TPSA) is 21.3 Å². The van der Waals surface area contributed by atoms with E-state index < -0.39 is 0 Å². The summed E-state index contributed by atoms with van der Waals surface area (Å²) < 4.78 is 5.86. The summed E-state index contributed by atoms with van der Waals surface area (Å²) in [6.45, 7) is 6.46. The quantitative estimate of drug-likeness (QED) is 0.670. The van der Waals surface area contributed by atoms with Crippen molar-refractivity contribution in [3.05, 3.63) is 29.8 Å². The van der Waals surface area contributed by atoms with Crippen LogP contribution in [0.3, 0.4) is 0 Å². The molecule has 1 aliphatic heterocycles. The summed E-state index contributed by atoms with van der Waals surface area (Å²) in [5.41, 5.74) is 1.40. The molecule has 0 aliphatic carbocycles. The van der Waals surface area contributed by atoms with Crippen LogP contribution in [0.5, 0.6) is 5.75 Å². The fraction of sp³-hybridized carbons (Fsp3) is 0.667. The van der Waals surface area contributed by atoms with Gasteiger partial charge in [0.25, 0.3) is 0 Å². The third kappa shape index (κ3) is 3.99. The molecule has 2 nitrogen and oxygen atoms in total. The minimum absolute atomic E-state index is 0.527. The van der Waals surface area contributed by atoms with Crippen molar-refractivity contribution in [1.82, 2.24) is 5.32 Å².